The van der Waals surface area contributed by atoms with E-state index in [0.717, 1.165) is 26.9 Å². The van der Waals surface area contributed by atoms with Crippen LogP contribution >= 0.6 is 0 Å². The summed E-state index contributed by atoms with van der Waals surface area (Å²) in [7, 11) is 2.38. The van der Waals surface area contributed by atoms with E-state index in [0.29, 0.717) is 6.17 Å². The second kappa shape index (κ2) is 15.5. The summed E-state index contributed by atoms with van der Waals surface area (Å²) in [6.07, 6.45) is 0.665. The number of nitrogens with zero attached hydrogens (tertiary/aromatic N) is 2. The number of para-hydroxylation sites is 1. The van der Waals surface area contributed by atoms with Gasteiger partial charge in [-0.3, -0.25) is 9.59 Å². The Balaban J connectivity index is 0. The van der Waals surface area contributed by atoms with E-state index < -0.39 is 20.7 Å². The summed E-state index contributed by atoms with van der Waals surface area (Å²) in [5, 5.41) is 14.8. The van der Waals surface area contributed by atoms with Gasteiger partial charge in [-0.25, -0.2) is 0 Å². The van der Waals surface area contributed by atoms with E-state index in [1.54, 1.807) is 21.3 Å². The van der Waals surface area contributed by atoms with Gasteiger partial charge in [-0.15, -0.1) is 0 Å². The molecule has 0 saturated carbocycles. The first kappa shape index (κ1) is 30.9. The van der Waals surface area contributed by atoms with Gasteiger partial charge < -0.3 is 33.3 Å². The van der Waals surface area contributed by atoms with Crippen molar-refractivity contribution < 1.29 is 53.5 Å². The monoisotopic (exact) mass is 535 g/mol. The number of carboxylic acid groups (broad SMARTS) is 2. The van der Waals surface area contributed by atoms with Gasteiger partial charge in [-0.05, 0) is 31.5 Å². The zero-order valence-electron chi connectivity index (χ0n) is 18.6. The normalized spacial score (nSPS) is 13.4. The summed E-state index contributed by atoms with van der Waals surface area (Å²) >= 11 is 0. The fraction of sp³-hybridized carbons (Fsp3) is 0.526. The van der Waals surface area contributed by atoms with E-state index in [4.69, 9.17) is 33.1 Å². The smallest absolute Gasteiger partial charge is 0.507 e. The third kappa shape index (κ3) is 11.2. The molecule has 1 aromatic rings. The van der Waals surface area contributed by atoms with Crippen molar-refractivity contribution in [1.82, 2.24) is 4.90 Å². The number of hydrogen-bond donors (Lipinski definition) is 2. The van der Waals surface area contributed by atoms with Crippen LogP contribution in [0.25, 0.3) is 0 Å². The minimum atomic E-state index is -2.57. The molecule has 0 amide bonds. The summed E-state index contributed by atoms with van der Waals surface area (Å²) in [6.45, 7) is 10.5. The molecule has 0 spiro atoms. The molecule has 11 heteroatoms. The maximum absolute atomic E-state index is 9.00. The average Bonchev–Trinajstić information content (AvgIpc) is 3.06. The van der Waals surface area contributed by atoms with Crippen LogP contribution in [0, 0.1) is 20.5 Å². The van der Waals surface area contributed by atoms with Crippen LogP contribution in [0.3, 0.4) is 0 Å². The van der Waals surface area contributed by atoms with Gasteiger partial charge in [-0.2, -0.15) is 6.67 Å². The molecule has 0 unspecified atom stereocenters. The molecule has 0 aliphatic carbocycles. The molecule has 1 aromatic carbocycles. The molecular formula is C19H33N2O7PdSi-. The second-order valence-electron chi connectivity index (χ2n) is 6.35. The molecular weight excluding hydrogens is 503 g/mol. The van der Waals surface area contributed by atoms with Gasteiger partial charge >= 0.3 is 8.80 Å². The Hall–Kier alpha value is -1.32. The molecule has 1 saturated heterocycles. The standard InChI is InChI=1S/C15H25N2O3Si.2C2H4O2.Pd/c1-13-7-6-8-14(2)15(13)17-10-9-16(11-17)12-21(18-3,19-4)20-5;2*1-2(3)4;/h6-8,11H,9-10,12H2,1-5H3;2*1H3,(H,3,4);/q-1;;;. The van der Waals surface area contributed by atoms with E-state index in [2.05, 4.69) is 48.5 Å². The van der Waals surface area contributed by atoms with Gasteiger partial charge in [-0.1, -0.05) is 18.2 Å². The van der Waals surface area contributed by atoms with Gasteiger partial charge in [0.2, 0.25) is 0 Å². The largest absolute Gasteiger partial charge is 0.512 e. The number of rotatable bonds is 6. The first-order valence-electron chi connectivity index (χ1n) is 8.98. The second-order valence-corrected chi connectivity index (χ2v) is 9.26. The summed E-state index contributed by atoms with van der Waals surface area (Å²) in [6, 6.07) is 6.40. The maximum Gasteiger partial charge on any atom is 0.512 e. The molecule has 0 atom stereocenters. The summed E-state index contributed by atoms with van der Waals surface area (Å²) in [5.41, 5.74) is 3.88. The minimum absolute atomic E-state index is 0. The number of benzene rings is 1. The Bertz CT molecular complexity index is 611. The molecule has 1 aliphatic rings. The van der Waals surface area contributed by atoms with Crippen molar-refractivity contribution in [2.24, 2.45) is 0 Å². The van der Waals surface area contributed by atoms with Crippen molar-refractivity contribution in [3.63, 3.8) is 0 Å². The van der Waals surface area contributed by atoms with Crippen molar-refractivity contribution in [3.05, 3.63) is 36.0 Å². The molecule has 1 fully saturated rings. The van der Waals surface area contributed by atoms with E-state index in [-0.39, 0.29) is 20.4 Å². The van der Waals surface area contributed by atoms with Crippen LogP contribution in [0.5, 0.6) is 0 Å². The Morgan fingerprint density at radius 1 is 1.00 bits per heavy atom. The first-order chi connectivity index (χ1) is 13.5. The molecule has 0 radical (unpaired) electrons. The van der Waals surface area contributed by atoms with Crippen LogP contribution < -0.4 is 4.90 Å². The fourth-order valence-electron chi connectivity index (χ4n) is 2.79. The van der Waals surface area contributed by atoms with Crippen molar-refractivity contribution in [2.75, 3.05) is 45.5 Å². The van der Waals surface area contributed by atoms with Crippen molar-refractivity contribution in [1.29, 1.82) is 0 Å². The van der Waals surface area contributed by atoms with E-state index >= 15 is 0 Å². The third-order valence-corrected chi connectivity index (χ3v) is 6.65. The number of carbonyl (C=O) groups is 2. The zero-order chi connectivity index (χ0) is 22.6. The molecule has 2 N–H and O–H groups in total. The SMILES string of the molecule is CC(=O)O.CC(=O)O.CO[Si](CN1[CH-]N(c2c(C)cccc2C)CC1)(OC)OC.[Pd]. The summed E-state index contributed by atoms with van der Waals surface area (Å²) in [4.78, 5) is 22.5. The zero-order valence-corrected chi connectivity index (χ0v) is 21.1. The summed E-state index contributed by atoms with van der Waals surface area (Å²) < 4.78 is 16.5. The van der Waals surface area contributed by atoms with Gasteiger partial charge in [0.15, 0.2) is 0 Å². The van der Waals surface area contributed by atoms with Crippen LogP contribution in [0.2, 0.25) is 0 Å². The number of aliphatic carboxylic acids is 2. The first-order valence-corrected chi connectivity index (χ1v) is 10.9. The Labute approximate surface area is 193 Å². The molecule has 1 aliphatic heterocycles. The van der Waals surface area contributed by atoms with Gasteiger partial charge in [0.1, 0.15) is 0 Å². The van der Waals surface area contributed by atoms with Gasteiger partial charge in [0, 0.05) is 74.0 Å². The Morgan fingerprint density at radius 2 is 1.40 bits per heavy atom. The van der Waals surface area contributed by atoms with Crippen LogP contribution in [0.4, 0.5) is 5.69 Å². The van der Waals surface area contributed by atoms with Gasteiger partial charge in [0.05, 0.1) is 0 Å². The van der Waals surface area contributed by atoms with Crippen LogP contribution in [-0.4, -0.2) is 76.4 Å². The topological polar surface area (TPSA) is 109 Å². The van der Waals surface area contributed by atoms with E-state index in [1.165, 1.54) is 16.8 Å². The number of anilines is 1. The predicted octanol–water partition coefficient (Wildman–Crippen LogP) is 2.14. The summed E-state index contributed by atoms with van der Waals surface area (Å²) in [5.74, 6) is -1.67. The predicted molar refractivity (Wildman–Crippen MR) is 113 cm³/mol. The van der Waals surface area contributed by atoms with E-state index in [1.807, 2.05) is 0 Å². The third-order valence-electron chi connectivity index (χ3n) is 3.99. The van der Waals surface area contributed by atoms with Crippen molar-refractivity contribution >= 4 is 26.4 Å². The molecule has 0 aromatic heterocycles. The van der Waals surface area contributed by atoms with E-state index in [9.17, 15) is 0 Å². The molecule has 176 valence electrons. The number of carboxylic acids is 2. The Kier molecular flexibility index (Phi) is 15.9. The number of hydrogen-bond acceptors (Lipinski definition) is 7. The van der Waals surface area contributed by atoms with Crippen LogP contribution in [0.1, 0.15) is 25.0 Å². The molecule has 30 heavy (non-hydrogen) atoms. The van der Waals surface area contributed by atoms with Crippen LogP contribution in [0.15, 0.2) is 18.2 Å². The average molecular weight is 536 g/mol. The van der Waals surface area contributed by atoms with Crippen molar-refractivity contribution in [3.8, 4) is 0 Å². The number of aryl methyl sites for hydroxylation is 2. The quantitative estimate of drug-likeness (QED) is 0.418. The molecule has 1 heterocycles. The minimum Gasteiger partial charge on any atom is -0.507 e. The van der Waals surface area contributed by atoms with Crippen LogP contribution in [-0.2, 0) is 43.3 Å². The molecule has 0 bridgehead atoms. The van der Waals surface area contributed by atoms with Gasteiger partial charge in [0.25, 0.3) is 11.9 Å². The molecule has 2 rings (SSSR count). The van der Waals surface area contributed by atoms with Crippen molar-refractivity contribution in [2.45, 2.75) is 27.7 Å². The maximum atomic E-state index is 9.00. The fourth-order valence-corrected chi connectivity index (χ4v) is 4.41. The molecule has 9 nitrogen and oxygen atoms in total. The Morgan fingerprint density at radius 3 is 1.77 bits per heavy atom.